The molecule has 0 aliphatic heterocycles. The van der Waals surface area contributed by atoms with Gasteiger partial charge in [0.05, 0.1) is 5.75 Å². The molecule has 3 aromatic rings. The molecule has 0 saturated carbocycles. The first-order chi connectivity index (χ1) is 10.1. The first-order valence-electron chi connectivity index (χ1n) is 6.14. The zero-order valence-electron chi connectivity index (χ0n) is 11.3. The summed E-state index contributed by atoms with van der Waals surface area (Å²) in [6.45, 7) is 3.61. The third-order valence-corrected chi connectivity index (χ3v) is 4.68. The number of nitrogens with zero attached hydrogens (tertiary/aromatic N) is 4. The lowest BCUT2D eigenvalue weighted by Gasteiger charge is -1.97. The maximum atomic E-state index is 13.5. The van der Waals surface area contributed by atoms with Crippen LogP contribution in [-0.4, -0.2) is 20.3 Å². The van der Waals surface area contributed by atoms with E-state index in [1.54, 1.807) is 19.1 Å². The number of hydrogen-bond acceptors (Lipinski definition) is 7. The lowest BCUT2D eigenvalue weighted by molar-refractivity contribution is 0.391. The Morgan fingerprint density at radius 1 is 1.29 bits per heavy atom. The normalized spacial score (nSPS) is 11.0. The molecule has 0 saturated heterocycles. The lowest BCUT2D eigenvalue weighted by Crippen LogP contribution is -1.86. The molecule has 2 heterocycles. The molecule has 0 unspecified atom stereocenters. The molecule has 2 aromatic heterocycles. The zero-order chi connectivity index (χ0) is 14.8. The summed E-state index contributed by atoms with van der Waals surface area (Å²) in [5.41, 5.74) is 1.19. The fourth-order valence-corrected chi connectivity index (χ4v) is 3.28. The van der Waals surface area contributed by atoms with Gasteiger partial charge in [0.2, 0.25) is 11.7 Å². The maximum Gasteiger partial charge on any atom is 0.237 e. The van der Waals surface area contributed by atoms with E-state index < -0.39 is 0 Å². The van der Waals surface area contributed by atoms with Gasteiger partial charge >= 0.3 is 0 Å². The smallest absolute Gasteiger partial charge is 0.237 e. The van der Waals surface area contributed by atoms with Crippen LogP contribution in [0, 0.1) is 19.7 Å². The van der Waals surface area contributed by atoms with E-state index in [0.717, 1.165) is 9.35 Å². The highest BCUT2D eigenvalue weighted by Crippen LogP contribution is 2.26. The van der Waals surface area contributed by atoms with Crippen molar-refractivity contribution in [2.24, 2.45) is 0 Å². The van der Waals surface area contributed by atoms with Gasteiger partial charge in [-0.25, -0.2) is 4.39 Å². The molecule has 0 amide bonds. The van der Waals surface area contributed by atoms with Crippen LogP contribution in [-0.2, 0) is 5.75 Å². The molecule has 0 fully saturated rings. The van der Waals surface area contributed by atoms with Gasteiger partial charge in [-0.15, -0.1) is 10.2 Å². The van der Waals surface area contributed by atoms with Crippen LogP contribution in [0.3, 0.4) is 0 Å². The maximum absolute atomic E-state index is 13.5. The van der Waals surface area contributed by atoms with Crippen LogP contribution in [0.1, 0.15) is 16.5 Å². The van der Waals surface area contributed by atoms with Crippen LogP contribution in [0.15, 0.2) is 27.1 Å². The number of hydrogen-bond donors (Lipinski definition) is 0. The van der Waals surface area contributed by atoms with Crippen molar-refractivity contribution in [3.63, 3.8) is 0 Å². The van der Waals surface area contributed by atoms with Crippen molar-refractivity contribution in [2.75, 3.05) is 0 Å². The molecule has 0 N–H and O–H groups in total. The van der Waals surface area contributed by atoms with Crippen LogP contribution >= 0.6 is 23.1 Å². The van der Waals surface area contributed by atoms with Gasteiger partial charge in [-0.05, 0) is 25.5 Å². The molecular weight excluding hydrogens is 311 g/mol. The molecule has 0 aliphatic carbocycles. The van der Waals surface area contributed by atoms with Crippen LogP contribution < -0.4 is 0 Å². The van der Waals surface area contributed by atoms with Gasteiger partial charge in [-0.2, -0.15) is 4.98 Å². The van der Waals surface area contributed by atoms with E-state index in [-0.39, 0.29) is 5.82 Å². The highest BCUT2D eigenvalue weighted by atomic mass is 32.2. The van der Waals surface area contributed by atoms with E-state index in [1.807, 2.05) is 6.92 Å². The largest absolute Gasteiger partial charge is 0.338 e. The Morgan fingerprint density at radius 3 is 2.86 bits per heavy atom. The molecule has 108 valence electrons. The second-order valence-electron chi connectivity index (χ2n) is 4.35. The van der Waals surface area contributed by atoms with E-state index in [1.165, 1.54) is 29.2 Å². The Morgan fingerprint density at radius 2 is 2.14 bits per heavy atom. The Kier molecular flexibility index (Phi) is 3.98. The van der Waals surface area contributed by atoms with Gasteiger partial charge in [0.15, 0.2) is 4.34 Å². The van der Waals surface area contributed by atoms with Crippen molar-refractivity contribution < 1.29 is 8.91 Å². The minimum atomic E-state index is -0.280. The average Bonchev–Trinajstić information content (AvgIpc) is 3.08. The van der Waals surface area contributed by atoms with Gasteiger partial charge < -0.3 is 4.52 Å². The molecule has 0 atom stereocenters. The quantitative estimate of drug-likeness (QED) is 0.683. The molecule has 5 nitrogen and oxygen atoms in total. The Balaban J connectivity index is 1.72. The average molecular weight is 322 g/mol. The van der Waals surface area contributed by atoms with Crippen LogP contribution in [0.5, 0.6) is 0 Å². The molecule has 0 aliphatic rings. The highest BCUT2D eigenvalue weighted by Gasteiger charge is 2.11. The lowest BCUT2D eigenvalue weighted by atomic mass is 10.1. The second-order valence-corrected chi connectivity index (χ2v) is 6.76. The summed E-state index contributed by atoms with van der Waals surface area (Å²) >= 11 is 3.00. The molecule has 21 heavy (non-hydrogen) atoms. The predicted molar refractivity (Wildman–Crippen MR) is 78.6 cm³/mol. The molecule has 0 bridgehead atoms. The Bertz CT molecular complexity index is 771. The molecule has 0 spiro atoms. The topological polar surface area (TPSA) is 64.7 Å². The van der Waals surface area contributed by atoms with Gasteiger partial charge in [0.1, 0.15) is 10.8 Å². The van der Waals surface area contributed by atoms with Gasteiger partial charge in [-0.3, -0.25) is 0 Å². The van der Waals surface area contributed by atoms with E-state index in [0.29, 0.717) is 28.6 Å². The zero-order valence-corrected chi connectivity index (χ0v) is 13.0. The van der Waals surface area contributed by atoms with E-state index in [2.05, 4.69) is 20.3 Å². The Labute approximate surface area is 128 Å². The fraction of sp³-hybridized carbons (Fsp3) is 0.231. The van der Waals surface area contributed by atoms with Gasteiger partial charge in [0, 0.05) is 5.56 Å². The monoisotopic (exact) mass is 322 g/mol. The summed E-state index contributed by atoms with van der Waals surface area (Å²) in [5.74, 6) is 1.09. The van der Waals surface area contributed by atoms with Gasteiger partial charge in [-0.1, -0.05) is 40.4 Å². The summed E-state index contributed by atoms with van der Waals surface area (Å²) in [7, 11) is 0. The number of aromatic nitrogens is 4. The first-order valence-corrected chi connectivity index (χ1v) is 7.94. The van der Waals surface area contributed by atoms with Crippen molar-refractivity contribution in [1.29, 1.82) is 0 Å². The summed E-state index contributed by atoms with van der Waals surface area (Å²) in [6.07, 6.45) is 0. The van der Waals surface area contributed by atoms with E-state index in [4.69, 9.17) is 4.52 Å². The van der Waals surface area contributed by atoms with E-state index in [9.17, 15) is 4.39 Å². The summed E-state index contributed by atoms with van der Waals surface area (Å²) in [6, 6.07) is 4.87. The van der Waals surface area contributed by atoms with Crippen LogP contribution in [0.25, 0.3) is 11.4 Å². The van der Waals surface area contributed by atoms with Crippen molar-refractivity contribution in [3.8, 4) is 11.4 Å². The van der Waals surface area contributed by atoms with Crippen molar-refractivity contribution in [1.82, 2.24) is 20.3 Å². The summed E-state index contributed by atoms with van der Waals surface area (Å²) in [5, 5.41) is 12.7. The number of halogens is 1. The third kappa shape index (κ3) is 3.27. The van der Waals surface area contributed by atoms with E-state index >= 15 is 0 Å². The molecule has 3 rings (SSSR count). The van der Waals surface area contributed by atoms with Crippen molar-refractivity contribution >= 4 is 23.1 Å². The number of thioether (sulfide) groups is 1. The Hall–Kier alpha value is -1.80. The molecular formula is C13H11FN4OS2. The summed E-state index contributed by atoms with van der Waals surface area (Å²) < 4.78 is 19.6. The number of benzene rings is 1. The third-order valence-electron chi connectivity index (χ3n) is 2.72. The SMILES string of the molecule is Cc1nnc(SCc2nc(-c3ccc(C)c(F)c3)no2)s1. The van der Waals surface area contributed by atoms with Crippen molar-refractivity contribution in [3.05, 3.63) is 40.5 Å². The highest BCUT2D eigenvalue weighted by molar-refractivity contribution is 8.00. The number of aryl methyl sites for hydroxylation is 2. The molecule has 1 aromatic carbocycles. The first kappa shape index (κ1) is 14.2. The van der Waals surface area contributed by atoms with Crippen molar-refractivity contribution in [2.45, 2.75) is 23.9 Å². The molecule has 8 heteroatoms. The minimum absolute atomic E-state index is 0.280. The predicted octanol–water partition coefficient (Wildman–Crippen LogP) is 3.64. The summed E-state index contributed by atoms with van der Waals surface area (Å²) in [4.78, 5) is 4.26. The second kappa shape index (κ2) is 5.90. The molecule has 0 radical (unpaired) electrons. The standard InChI is InChI=1S/C13H11FN4OS2/c1-7-3-4-9(5-10(7)14)12-15-11(19-18-12)6-20-13-17-16-8(2)21-13/h3-5H,6H2,1-2H3. The van der Waals surface area contributed by atoms with Crippen LogP contribution in [0.2, 0.25) is 0 Å². The van der Waals surface area contributed by atoms with Gasteiger partial charge in [0.25, 0.3) is 0 Å². The minimum Gasteiger partial charge on any atom is -0.338 e. The van der Waals surface area contributed by atoms with Crippen LogP contribution in [0.4, 0.5) is 4.39 Å². The number of rotatable bonds is 4. The fourth-order valence-electron chi connectivity index (χ4n) is 1.62.